The summed E-state index contributed by atoms with van der Waals surface area (Å²) in [4.78, 5) is 17.4. The molecule has 0 unspecified atom stereocenters. The maximum absolute atomic E-state index is 13.4. The molecule has 2 aromatic heterocycles. The van der Waals surface area contributed by atoms with Crippen molar-refractivity contribution in [2.45, 2.75) is 31.8 Å². The summed E-state index contributed by atoms with van der Waals surface area (Å²) in [5.41, 5.74) is -0.973. The van der Waals surface area contributed by atoms with Gasteiger partial charge in [-0.05, 0) is 56.7 Å². The first-order chi connectivity index (χ1) is 15.3. The topological polar surface area (TPSA) is 118 Å². The molecule has 3 aromatic rings. The molecule has 0 spiro atoms. The molecule has 0 aliphatic heterocycles. The highest BCUT2D eigenvalue weighted by Crippen LogP contribution is 2.35. The monoisotopic (exact) mass is 479 g/mol. The largest absolute Gasteiger partial charge is 0.435 e. The second-order valence-corrected chi connectivity index (χ2v) is 9.47. The highest BCUT2D eigenvalue weighted by atomic mass is 32.2. The van der Waals surface area contributed by atoms with E-state index < -0.39 is 44.5 Å². The Labute approximate surface area is 188 Å². The molecule has 0 radical (unpaired) electrons. The summed E-state index contributed by atoms with van der Waals surface area (Å²) in [6.07, 6.45) is -3.63. The second-order valence-electron chi connectivity index (χ2n) is 7.32. The van der Waals surface area contributed by atoms with Crippen LogP contribution in [0, 0.1) is 25.6 Å². The minimum Gasteiger partial charge on any atom is -0.435 e. The number of carbonyl (C=O) groups is 1. The van der Waals surface area contributed by atoms with Crippen LogP contribution in [0.2, 0.25) is 0 Å². The lowest BCUT2D eigenvalue weighted by Crippen LogP contribution is -2.21. The van der Waals surface area contributed by atoms with Gasteiger partial charge in [0, 0.05) is 22.5 Å². The quantitative estimate of drug-likeness (QED) is 0.538. The number of aromatic nitrogens is 3. The van der Waals surface area contributed by atoms with Crippen LogP contribution in [0.25, 0.3) is 0 Å². The van der Waals surface area contributed by atoms with Gasteiger partial charge >= 0.3 is 6.18 Å². The molecule has 0 bridgehead atoms. The van der Waals surface area contributed by atoms with Gasteiger partial charge in [-0.25, -0.2) is 8.99 Å². The van der Waals surface area contributed by atoms with Crippen LogP contribution in [0.1, 0.15) is 33.0 Å². The number of amides is 1. The third-order valence-corrected chi connectivity index (χ3v) is 5.76. The molecule has 1 aromatic carbocycles. The van der Waals surface area contributed by atoms with Crippen LogP contribution in [0.4, 0.5) is 18.9 Å². The smallest absolute Gasteiger partial charge is 0.435 e. The van der Waals surface area contributed by atoms with Crippen LogP contribution in [-0.4, -0.2) is 31.6 Å². The number of anilines is 1. The fourth-order valence-electron chi connectivity index (χ4n) is 3.00. The molecule has 33 heavy (non-hydrogen) atoms. The van der Waals surface area contributed by atoms with Crippen LogP contribution in [0.15, 0.2) is 41.3 Å². The normalized spacial score (nSPS) is 13.3. The van der Waals surface area contributed by atoms with E-state index in [2.05, 4.69) is 20.5 Å². The maximum Gasteiger partial charge on any atom is 0.435 e. The van der Waals surface area contributed by atoms with Gasteiger partial charge in [0.05, 0.1) is 15.4 Å². The van der Waals surface area contributed by atoms with Crippen molar-refractivity contribution >= 4 is 21.3 Å². The fraction of sp³-hybridized carbons (Fsp3) is 0.238. The molecular weight excluding hydrogens is 459 g/mol. The first-order valence-electron chi connectivity index (χ1n) is 9.49. The maximum atomic E-state index is 13.4. The Kier molecular flexibility index (Phi) is 6.41. The minimum absolute atomic E-state index is 0.142. The molecule has 0 aliphatic carbocycles. The van der Waals surface area contributed by atoms with Crippen LogP contribution in [0.5, 0.6) is 11.6 Å². The SMILES string of the molecule is Cc1ccc(Oc2nnc(C(F)(F)F)c(C)c2C(=O)Nc2cccc([S@](C)(=N)=O)c2)c(C)n1. The van der Waals surface area contributed by atoms with Gasteiger partial charge < -0.3 is 10.1 Å². The number of carbonyl (C=O) groups excluding carboxylic acids is 1. The van der Waals surface area contributed by atoms with Gasteiger partial charge in [-0.1, -0.05) is 6.07 Å². The number of rotatable bonds is 5. The number of nitrogens with one attached hydrogen (secondary N) is 2. The van der Waals surface area contributed by atoms with E-state index in [1.165, 1.54) is 30.5 Å². The summed E-state index contributed by atoms with van der Waals surface area (Å²) in [6, 6.07) is 8.89. The number of hydrogen-bond donors (Lipinski definition) is 2. The first-order valence-corrected chi connectivity index (χ1v) is 11.5. The van der Waals surface area contributed by atoms with Crippen LogP contribution >= 0.6 is 0 Å². The number of ether oxygens (including phenoxy) is 1. The van der Waals surface area contributed by atoms with E-state index in [9.17, 15) is 22.2 Å². The Morgan fingerprint density at radius 3 is 2.42 bits per heavy atom. The molecule has 174 valence electrons. The van der Waals surface area contributed by atoms with E-state index in [0.29, 0.717) is 11.4 Å². The molecule has 2 N–H and O–H groups in total. The van der Waals surface area contributed by atoms with Crippen LogP contribution in [0.3, 0.4) is 0 Å². The first kappa shape index (κ1) is 24.1. The number of benzene rings is 1. The molecule has 12 heteroatoms. The lowest BCUT2D eigenvalue weighted by molar-refractivity contribution is -0.142. The highest BCUT2D eigenvalue weighted by Gasteiger charge is 2.38. The third kappa shape index (κ3) is 5.45. The highest BCUT2D eigenvalue weighted by molar-refractivity contribution is 7.91. The Bertz CT molecular complexity index is 1340. The van der Waals surface area contributed by atoms with Crippen molar-refractivity contribution in [3.8, 4) is 11.6 Å². The Hall–Kier alpha value is -3.54. The van der Waals surface area contributed by atoms with Gasteiger partial charge in [-0.3, -0.25) is 9.78 Å². The van der Waals surface area contributed by atoms with E-state index in [1.54, 1.807) is 26.0 Å². The van der Waals surface area contributed by atoms with Crippen molar-refractivity contribution in [1.82, 2.24) is 15.2 Å². The number of halogens is 3. The molecule has 0 saturated heterocycles. The molecule has 2 heterocycles. The van der Waals surface area contributed by atoms with Gasteiger partial charge in [0.2, 0.25) is 0 Å². The van der Waals surface area contributed by atoms with Crippen molar-refractivity contribution in [3.05, 3.63) is 64.6 Å². The third-order valence-electron chi connectivity index (χ3n) is 4.61. The summed E-state index contributed by atoms with van der Waals surface area (Å²) < 4.78 is 65.6. The molecule has 1 amide bonds. The van der Waals surface area contributed by atoms with Crippen molar-refractivity contribution < 1.29 is 26.9 Å². The number of hydrogen-bond acceptors (Lipinski definition) is 7. The summed E-state index contributed by atoms with van der Waals surface area (Å²) in [7, 11) is -3.07. The lowest BCUT2D eigenvalue weighted by Gasteiger charge is -2.16. The van der Waals surface area contributed by atoms with Crippen LogP contribution < -0.4 is 10.1 Å². The van der Waals surface area contributed by atoms with Crippen LogP contribution in [-0.2, 0) is 15.9 Å². The summed E-state index contributed by atoms with van der Waals surface area (Å²) in [6.45, 7) is 4.50. The molecule has 1 atom stereocenters. The van der Waals surface area contributed by atoms with Gasteiger partial charge in [0.25, 0.3) is 11.8 Å². The number of aryl methyl sites for hydroxylation is 2. The zero-order valence-corrected chi connectivity index (χ0v) is 18.9. The minimum atomic E-state index is -4.84. The van der Waals surface area contributed by atoms with Gasteiger partial charge in [-0.2, -0.15) is 13.2 Å². The second kappa shape index (κ2) is 8.77. The van der Waals surface area contributed by atoms with Crippen molar-refractivity contribution in [1.29, 1.82) is 4.78 Å². The molecule has 0 fully saturated rings. The molecule has 8 nitrogen and oxygen atoms in total. The summed E-state index contributed by atoms with van der Waals surface area (Å²) in [5.74, 6) is -1.17. The van der Waals surface area contributed by atoms with Crippen molar-refractivity contribution in [3.63, 3.8) is 0 Å². The molecule has 0 saturated carbocycles. The van der Waals surface area contributed by atoms with E-state index in [4.69, 9.17) is 9.52 Å². The Balaban J connectivity index is 2.08. The van der Waals surface area contributed by atoms with Crippen molar-refractivity contribution in [2.24, 2.45) is 0 Å². The van der Waals surface area contributed by atoms with E-state index >= 15 is 0 Å². The standard InChI is InChI=1S/C21H20F3N5O3S/c1-11-8-9-16(13(3)26-11)32-20-17(12(2)18(28-29-20)21(22,23)24)19(30)27-14-6-5-7-15(10-14)33(4,25)31/h5-10,25H,1-4H3,(H,27,30)/t33-/m1/s1. The fourth-order valence-corrected chi connectivity index (χ4v) is 3.69. The number of alkyl halides is 3. The van der Waals surface area contributed by atoms with Gasteiger partial charge in [-0.15, -0.1) is 10.2 Å². The van der Waals surface area contributed by atoms with E-state index in [0.717, 1.165) is 6.92 Å². The number of nitrogens with zero attached hydrogens (tertiary/aromatic N) is 3. The Morgan fingerprint density at radius 2 is 1.82 bits per heavy atom. The lowest BCUT2D eigenvalue weighted by atomic mass is 10.1. The van der Waals surface area contributed by atoms with Gasteiger partial charge in [0.15, 0.2) is 11.4 Å². The van der Waals surface area contributed by atoms with E-state index in [1.807, 2.05) is 0 Å². The summed E-state index contributed by atoms with van der Waals surface area (Å²) in [5, 5.41) is 9.22. The van der Waals surface area contributed by atoms with Gasteiger partial charge in [0.1, 0.15) is 5.56 Å². The Morgan fingerprint density at radius 1 is 1.12 bits per heavy atom. The predicted octanol–water partition coefficient (Wildman–Crippen LogP) is 4.90. The zero-order chi connectivity index (χ0) is 24.6. The predicted molar refractivity (Wildman–Crippen MR) is 115 cm³/mol. The summed E-state index contributed by atoms with van der Waals surface area (Å²) >= 11 is 0. The molecule has 3 rings (SSSR count). The van der Waals surface area contributed by atoms with Crippen molar-refractivity contribution in [2.75, 3.05) is 11.6 Å². The average molecular weight is 479 g/mol. The zero-order valence-electron chi connectivity index (χ0n) is 18.1. The van der Waals surface area contributed by atoms with E-state index in [-0.39, 0.29) is 16.3 Å². The molecule has 0 aliphatic rings. The average Bonchev–Trinajstić information content (AvgIpc) is 2.68. The molecular formula is C21H20F3N5O3S. The number of pyridine rings is 1.